The van der Waals surface area contributed by atoms with Gasteiger partial charge in [0.15, 0.2) is 11.3 Å². The fraction of sp³-hybridized carbons (Fsp3) is 0. The van der Waals surface area contributed by atoms with Crippen molar-refractivity contribution in [1.82, 2.24) is 9.97 Å². The Hall–Kier alpha value is -5.26. The first-order valence-corrected chi connectivity index (χ1v) is 11.1. The van der Waals surface area contributed by atoms with E-state index in [0.29, 0.717) is 16.7 Å². The summed E-state index contributed by atoms with van der Waals surface area (Å²) in [5.41, 5.74) is 3.53. The van der Waals surface area contributed by atoms with Crippen molar-refractivity contribution in [1.29, 1.82) is 10.5 Å². The molecule has 0 atom stereocenters. The summed E-state index contributed by atoms with van der Waals surface area (Å²) >= 11 is 0. The lowest BCUT2D eigenvalue weighted by atomic mass is 9.89. The predicted molar refractivity (Wildman–Crippen MR) is 137 cm³/mol. The summed E-state index contributed by atoms with van der Waals surface area (Å²) in [5, 5.41) is 26.8. The topological polar surface area (TPSA) is 86.5 Å². The molecule has 7 rings (SSSR count). The van der Waals surface area contributed by atoms with Gasteiger partial charge in [-0.25, -0.2) is 9.97 Å². The van der Waals surface area contributed by atoms with Gasteiger partial charge in [-0.1, -0.05) is 72.8 Å². The van der Waals surface area contributed by atoms with E-state index in [9.17, 15) is 10.5 Å². The fourth-order valence-electron chi connectivity index (χ4n) is 5.13. The number of benzene rings is 5. The average Bonchev–Trinajstić information content (AvgIpc) is 3.30. The molecule has 0 saturated heterocycles. The van der Waals surface area contributed by atoms with Crippen molar-refractivity contribution in [3.63, 3.8) is 0 Å². The number of fused-ring (bicyclic) bond motifs is 9. The first-order valence-electron chi connectivity index (χ1n) is 11.1. The third kappa shape index (κ3) is 2.67. The van der Waals surface area contributed by atoms with E-state index < -0.39 is 0 Å². The smallest absolute Gasteiger partial charge is 0.234 e. The van der Waals surface area contributed by atoms with E-state index in [1.807, 2.05) is 30.3 Å². The lowest BCUT2D eigenvalue weighted by Gasteiger charge is -2.14. The molecule has 2 heterocycles. The quantitative estimate of drug-likeness (QED) is 0.248. The second-order valence-corrected chi connectivity index (χ2v) is 8.43. The largest absolute Gasteiger partial charge is 0.451 e. The lowest BCUT2D eigenvalue weighted by molar-refractivity contribution is 0.663. The maximum atomic E-state index is 9.51. The van der Waals surface area contributed by atoms with Gasteiger partial charge in [0.25, 0.3) is 0 Å². The third-order valence-electron chi connectivity index (χ3n) is 6.60. The van der Waals surface area contributed by atoms with Gasteiger partial charge in [0.1, 0.15) is 23.2 Å². The Morgan fingerprint density at radius 1 is 0.629 bits per heavy atom. The van der Waals surface area contributed by atoms with Crippen molar-refractivity contribution < 1.29 is 4.42 Å². The number of hydrogen-bond acceptors (Lipinski definition) is 5. The Bertz CT molecular complexity index is 2050. The second kappa shape index (κ2) is 7.12. The van der Waals surface area contributed by atoms with E-state index >= 15 is 0 Å². The van der Waals surface area contributed by atoms with Crippen molar-refractivity contribution >= 4 is 54.4 Å². The van der Waals surface area contributed by atoms with E-state index in [0.717, 1.165) is 16.5 Å². The van der Waals surface area contributed by atoms with Crippen LogP contribution in [0.15, 0.2) is 89.3 Å². The second-order valence-electron chi connectivity index (χ2n) is 8.43. The SMILES string of the molecule is N#Cc1nc(C#N)c2oc3ccc(-c4cccc5c6ccccc6c6ccccc6c45)cc3c2n1. The monoisotopic (exact) mass is 446 g/mol. The van der Waals surface area contributed by atoms with Crippen LogP contribution in [0.5, 0.6) is 0 Å². The highest BCUT2D eigenvalue weighted by Crippen LogP contribution is 2.41. The Morgan fingerprint density at radius 2 is 1.29 bits per heavy atom. The van der Waals surface area contributed by atoms with Gasteiger partial charge in [-0.2, -0.15) is 10.5 Å². The van der Waals surface area contributed by atoms with Crippen LogP contribution in [-0.4, -0.2) is 9.97 Å². The highest BCUT2D eigenvalue weighted by atomic mass is 16.3. The zero-order chi connectivity index (χ0) is 23.5. The molecule has 0 amide bonds. The summed E-state index contributed by atoms with van der Waals surface area (Å²) in [6.07, 6.45) is 0. The van der Waals surface area contributed by atoms with Crippen LogP contribution in [0.2, 0.25) is 0 Å². The molecule has 5 heteroatoms. The molecule has 0 spiro atoms. The van der Waals surface area contributed by atoms with Crippen molar-refractivity contribution in [2.24, 2.45) is 0 Å². The van der Waals surface area contributed by atoms with Gasteiger partial charge in [-0.05, 0) is 55.6 Å². The van der Waals surface area contributed by atoms with Gasteiger partial charge in [0.05, 0.1) is 0 Å². The van der Waals surface area contributed by atoms with Crippen molar-refractivity contribution in [2.75, 3.05) is 0 Å². The van der Waals surface area contributed by atoms with Gasteiger partial charge in [-0.3, -0.25) is 0 Å². The maximum absolute atomic E-state index is 9.51. The molecule has 0 bridgehead atoms. The average molecular weight is 446 g/mol. The summed E-state index contributed by atoms with van der Waals surface area (Å²) in [5.74, 6) is -0.0511. The third-order valence-corrected chi connectivity index (χ3v) is 6.60. The summed E-state index contributed by atoms with van der Waals surface area (Å²) in [4.78, 5) is 8.35. The first kappa shape index (κ1) is 19.2. The van der Waals surface area contributed by atoms with Crippen LogP contribution < -0.4 is 0 Å². The van der Waals surface area contributed by atoms with Crippen LogP contribution in [0.4, 0.5) is 0 Å². The molecule has 0 aliphatic heterocycles. The molecule has 2 aromatic heterocycles. The molecule has 35 heavy (non-hydrogen) atoms. The van der Waals surface area contributed by atoms with E-state index in [-0.39, 0.29) is 11.5 Å². The summed E-state index contributed by atoms with van der Waals surface area (Å²) in [7, 11) is 0. The minimum Gasteiger partial charge on any atom is -0.451 e. The Balaban J connectivity index is 1.61. The minimum absolute atomic E-state index is 0.0511. The van der Waals surface area contributed by atoms with Crippen LogP contribution in [0.25, 0.3) is 65.5 Å². The van der Waals surface area contributed by atoms with Crippen LogP contribution in [0, 0.1) is 22.7 Å². The number of furan rings is 1. The van der Waals surface area contributed by atoms with Crippen LogP contribution in [0.3, 0.4) is 0 Å². The molecular weight excluding hydrogens is 432 g/mol. The number of nitriles is 2. The maximum Gasteiger partial charge on any atom is 0.234 e. The summed E-state index contributed by atoms with van der Waals surface area (Å²) in [6, 6.07) is 33.3. The van der Waals surface area contributed by atoms with Gasteiger partial charge in [0, 0.05) is 5.39 Å². The standard InChI is InChI=1S/C30H14N4O/c31-15-25-30-29(34-27(16-32)33-25)24-14-17(12-13-26(24)35-30)18-10-5-11-23-21-7-2-1-6-19(21)20-8-3-4-9-22(20)28(18)23/h1-14H. The van der Waals surface area contributed by atoms with Crippen LogP contribution in [-0.2, 0) is 0 Å². The molecule has 0 N–H and O–H groups in total. The lowest BCUT2D eigenvalue weighted by Crippen LogP contribution is -1.93. The highest BCUT2D eigenvalue weighted by molar-refractivity contribution is 6.28. The molecule has 5 aromatic carbocycles. The summed E-state index contributed by atoms with van der Waals surface area (Å²) < 4.78 is 5.92. The Labute approximate surface area is 199 Å². The van der Waals surface area contributed by atoms with Crippen molar-refractivity contribution in [3.05, 3.63) is 96.4 Å². The molecule has 0 aliphatic rings. The Kier molecular flexibility index (Phi) is 3.91. The van der Waals surface area contributed by atoms with E-state index in [2.05, 4.69) is 76.7 Å². The molecule has 7 aromatic rings. The predicted octanol–water partition coefficient (Wildman–Crippen LogP) is 7.25. The van der Waals surface area contributed by atoms with Crippen molar-refractivity contribution in [2.45, 2.75) is 0 Å². The number of nitrogens with zero attached hydrogens (tertiary/aromatic N) is 4. The molecule has 0 unspecified atom stereocenters. The van der Waals surface area contributed by atoms with Gasteiger partial charge in [-0.15, -0.1) is 0 Å². The number of rotatable bonds is 1. The molecule has 0 saturated carbocycles. The Morgan fingerprint density at radius 3 is 1.97 bits per heavy atom. The molecule has 0 radical (unpaired) electrons. The van der Waals surface area contributed by atoms with E-state index in [1.165, 1.54) is 32.3 Å². The normalized spacial score (nSPS) is 11.4. The molecule has 160 valence electrons. The fourth-order valence-corrected chi connectivity index (χ4v) is 5.13. The first-order chi connectivity index (χ1) is 17.3. The molecular formula is C30H14N4O. The van der Waals surface area contributed by atoms with Crippen LogP contribution >= 0.6 is 0 Å². The van der Waals surface area contributed by atoms with Crippen molar-refractivity contribution in [3.8, 4) is 23.3 Å². The van der Waals surface area contributed by atoms with Crippen LogP contribution in [0.1, 0.15) is 11.5 Å². The molecule has 0 fully saturated rings. The zero-order valence-electron chi connectivity index (χ0n) is 18.3. The molecule has 5 nitrogen and oxygen atoms in total. The highest BCUT2D eigenvalue weighted by Gasteiger charge is 2.18. The van der Waals surface area contributed by atoms with Gasteiger partial charge < -0.3 is 4.42 Å². The minimum atomic E-state index is -0.0511. The number of aromatic nitrogens is 2. The number of hydrogen-bond donors (Lipinski definition) is 0. The zero-order valence-corrected chi connectivity index (χ0v) is 18.3. The summed E-state index contributed by atoms with van der Waals surface area (Å²) in [6.45, 7) is 0. The van der Waals surface area contributed by atoms with Gasteiger partial charge in [0.2, 0.25) is 5.82 Å². The van der Waals surface area contributed by atoms with E-state index in [1.54, 1.807) is 0 Å². The van der Waals surface area contributed by atoms with Gasteiger partial charge >= 0.3 is 0 Å². The molecule has 0 aliphatic carbocycles. The van der Waals surface area contributed by atoms with E-state index in [4.69, 9.17) is 4.42 Å².